The van der Waals surface area contributed by atoms with Crippen LogP contribution in [-0.4, -0.2) is 22.7 Å². The maximum absolute atomic E-state index is 12.3. The minimum atomic E-state index is -0.384. The fourth-order valence-corrected chi connectivity index (χ4v) is 3.46. The van der Waals surface area contributed by atoms with Crippen molar-refractivity contribution < 1.29 is 9.53 Å². The van der Waals surface area contributed by atoms with E-state index in [4.69, 9.17) is 16.3 Å². The van der Waals surface area contributed by atoms with Gasteiger partial charge in [0.1, 0.15) is 0 Å². The number of hydrogen-bond acceptors (Lipinski definition) is 3. The van der Waals surface area contributed by atoms with Crippen molar-refractivity contribution in [2.45, 2.75) is 19.5 Å². The Morgan fingerprint density at radius 3 is 2.84 bits per heavy atom. The summed E-state index contributed by atoms with van der Waals surface area (Å²) >= 11 is 6.19. The van der Waals surface area contributed by atoms with Crippen LogP contribution in [0.1, 0.15) is 29.8 Å². The van der Waals surface area contributed by atoms with Crippen LogP contribution in [0.5, 0.6) is 0 Å². The van der Waals surface area contributed by atoms with Gasteiger partial charge in [-0.05, 0) is 30.7 Å². The Labute approximate surface area is 150 Å². The van der Waals surface area contributed by atoms with Gasteiger partial charge < -0.3 is 9.72 Å². The first kappa shape index (κ1) is 16.0. The van der Waals surface area contributed by atoms with Gasteiger partial charge in [-0.3, -0.25) is 0 Å². The second kappa shape index (κ2) is 6.43. The molecule has 4 rings (SSSR count). The number of nitrogens with zero attached hydrogens (tertiary/aromatic N) is 1. The third-order valence-corrected chi connectivity index (χ3v) is 4.65. The number of nitrogens with one attached hydrogen (secondary N) is 2. The highest BCUT2D eigenvalue weighted by Crippen LogP contribution is 2.35. The van der Waals surface area contributed by atoms with Crippen LogP contribution >= 0.6 is 11.6 Å². The van der Waals surface area contributed by atoms with E-state index in [1.54, 1.807) is 6.92 Å². The fourth-order valence-electron chi connectivity index (χ4n) is 3.29. The maximum atomic E-state index is 12.3. The van der Waals surface area contributed by atoms with Crippen LogP contribution in [0.15, 0.2) is 48.5 Å². The van der Waals surface area contributed by atoms with Crippen molar-refractivity contribution in [1.29, 1.82) is 0 Å². The smallest absolute Gasteiger partial charge is 0.424 e. The number of aromatic amines is 1. The number of hydrogen-bond donors (Lipinski definition) is 2. The van der Waals surface area contributed by atoms with E-state index in [1.165, 1.54) is 5.01 Å². The first-order valence-corrected chi connectivity index (χ1v) is 8.60. The molecule has 3 aromatic rings. The molecule has 0 saturated carbocycles. The second-order valence-electron chi connectivity index (χ2n) is 5.96. The third-order valence-electron chi connectivity index (χ3n) is 4.41. The van der Waals surface area contributed by atoms with E-state index >= 15 is 0 Å². The normalized spacial score (nSPS) is 16.7. The summed E-state index contributed by atoms with van der Waals surface area (Å²) in [4.78, 5) is 15.8. The van der Waals surface area contributed by atoms with E-state index in [-0.39, 0.29) is 12.1 Å². The Kier molecular flexibility index (Phi) is 4.11. The molecule has 1 aliphatic heterocycles. The van der Waals surface area contributed by atoms with E-state index in [0.29, 0.717) is 18.2 Å². The molecule has 0 radical (unpaired) electrons. The Morgan fingerprint density at radius 1 is 1.28 bits per heavy atom. The zero-order valence-electron chi connectivity index (χ0n) is 13.8. The first-order chi connectivity index (χ1) is 12.2. The number of fused-ring (bicyclic) bond motifs is 3. The highest BCUT2D eigenvalue weighted by atomic mass is 35.5. The molecule has 1 aliphatic rings. The predicted molar refractivity (Wildman–Crippen MR) is 97.3 cm³/mol. The number of rotatable bonds is 2. The molecule has 6 heteroatoms. The number of carbonyl (C=O) groups is 1. The number of ether oxygens (including phenoxy) is 1. The van der Waals surface area contributed by atoms with Gasteiger partial charge in [-0.25, -0.2) is 15.2 Å². The summed E-state index contributed by atoms with van der Waals surface area (Å²) in [6.07, 6.45) is -0.384. The molecule has 0 bridgehead atoms. The summed E-state index contributed by atoms with van der Waals surface area (Å²) in [6.45, 7) is 2.55. The van der Waals surface area contributed by atoms with Gasteiger partial charge in [0.05, 0.1) is 19.2 Å². The third kappa shape index (κ3) is 2.86. The van der Waals surface area contributed by atoms with Crippen LogP contribution in [0.25, 0.3) is 10.9 Å². The number of amides is 1. The van der Waals surface area contributed by atoms with Crippen LogP contribution < -0.4 is 5.43 Å². The summed E-state index contributed by atoms with van der Waals surface area (Å²) in [7, 11) is 0. The Bertz CT molecular complexity index is 923. The Morgan fingerprint density at radius 2 is 2.08 bits per heavy atom. The topological polar surface area (TPSA) is 57.4 Å². The number of benzene rings is 2. The van der Waals surface area contributed by atoms with E-state index in [1.807, 2.05) is 48.5 Å². The lowest BCUT2D eigenvalue weighted by Gasteiger charge is -2.33. The lowest BCUT2D eigenvalue weighted by atomic mass is 9.98. The van der Waals surface area contributed by atoms with Crippen molar-refractivity contribution in [1.82, 2.24) is 15.4 Å². The SMILES string of the molecule is CCOC(=O)N1Cc2c([nH]c3ccc(Cl)cc23)C(c2ccccc2)N1. The average Bonchev–Trinajstić information content (AvgIpc) is 3.00. The quantitative estimate of drug-likeness (QED) is 0.717. The van der Waals surface area contributed by atoms with E-state index in [9.17, 15) is 4.79 Å². The predicted octanol–water partition coefficient (Wildman–Crippen LogP) is 4.39. The summed E-state index contributed by atoms with van der Waals surface area (Å²) < 4.78 is 5.18. The van der Waals surface area contributed by atoms with E-state index < -0.39 is 0 Å². The van der Waals surface area contributed by atoms with Gasteiger partial charge >= 0.3 is 6.09 Å². The number of carbonyl (C=O) groups excluding carboxylic acids is 1. The number of halogens is 1. The van der Waals surface area contributed by atoms with Crippen LogP contribution in [0.4, 0.5) is 4.79 Å². The molecule has 1 unspecified atom stereocenters. The molecule has 0 fully saturated rings. The molecule has 128 valence electrons. The molecule has 2 heterocycles. The molecule has 2 N–H and O–H groups in total. The molecule has 2 aromatic carbocycles. The van der Waals surface area contributed by atoms with Crippen molar-refractivity contribution in [3.63, 3.8) is 0 Å². The van der Waals surface area contributed by atoms with Gasteiger partial charge in [-0.2, -0.15) is 0 Å². The lowest BCUT2D eigenvalue weighted by Crippen LogP contribution is -2.48. The van der Waals surface area contributed by atoms with Crippen LogP contribution in [0.2, 0.25) is 5.02 Å². The zero-order valence-corrected chi connectivity index (χ0v) is 14.5. The van der Waals surface area contributed by atoms with Gasteiger partial charge in [-0.1, -0.05) is 41.9 Å². The molecule has 1 amide bonds. The summed E-state index contributed by atoms with van der Waals surface area (Å²) in [5.74, 6) is 0. The van der Waals surface area contributed by atoms with Crippen molar-refractivity contribution in [2.75, 3.05) is 6.61 Å². The number of hydrazine groups is 1. The second-order valence-corrected chi connectivity index (χ2v) is 6.40. The zero-order chi connectivity index (χ0) is 17.4. The van der Waals surface area contributed by atoms with Gasteiger partial charge in [-0.15, -0.1) is 0 Å². The molecule has 0 saturated heterocycles. The van der Waals surface area contributed by atoms with Gasteiger partial charge in [0.2, 0.25) is 0 Å². The molecule has 25 heavy (non-hydrogen) atoms. The maximum Gasteiger partial charge on any atom is 0.424 e. The van der Waals surface area contributed by atoms with Gasteiger partial charge in [0.15, 0.2) is 0 Å². The lowest BCUT2D eigenvalue weighted by molar-refractivity contribution is 0.0721. The molecule has 0 spiro atoms. The van der Waals surface area contributed by atoms with Crippen molar-refractivity contribution in [2.24, 2.45) is 0 Å². The van der Waals surface area contributed by atoms with Crippen LogP contribution in [0.3, 0.4) is 0 Å². The first-order valence-electron chi connectivity index (χ1n) is 8.22. The minimum absolute atomic E-state index is 0.166. The number of aromatic nitrogens is 1. The van der Waals surface area contributed by atoms with E-state index in [0.717, 1.165) is 27.7 Å². The molecule has 5 nitrogen and oxygen atoms in total. The van der Waals surface area contributed by atoms with E-state index in [2.05, 4.69) is 10.4 Å². The highest BCUT2D eigenvalue weighted by molar-refractivity contribution is 6.31. The molecule has 1 atom stereocenters. The summed E-state index contributed by atoms with van der Waals surface area (Å²) in [6, 6.07) is 15.6. The molecular formula is C19H18ClN3O2. The number of H-pyrrole nitrogens is 1. The average molecular weight is 356 g/mol. The summed E-state index contributed by atoms with van der Waals surface area (Å²) in [5, 5.41) is 3.23. The van der Waals surface area contributed by atoms with Crippen LogP contribution in [-0.2, 0) is 11.3 Å². The summed E-state index contributed by atoms with van der Waals surface area (Å²) in [5.41, 5.74) is 7.45. The standard InChI is InChI=1S/C19H18ClN3O2/c1-2-25-19(24)23-11-15-14-10-13(20)8-9-16(14)21-18(15)17(22-23)12-6-4-3-5-7-12/h3-10,17,21-22H,2,11H2,1H3. The van der Waals surface area contributed by atoms with Crippen molar-refractivity contribution >= 4 is 28.6 Å². The monoisotopic (exact) mass is 355 g/mol. The van der Waals surface area contributed by atoms with Crippen molar-refractivity contribution in [3.8, 4) is 0 Å². The Balaban J connectivity index is 1.85. The van der Waals surface area contributed by atoms with Gasteiger partial charge in [0, 0.05) is 27.2 Å². The highest BCUT2D eigenvalue weighted by Gasteiger charge is 2.32. The van der Waals surface area contributed by atoms with Crippen molar-refractivity contribution in [3.05, 3.63) is 70.4 Å². The molecule has 0 aliphatic carbocycles. The molecule has 1 aromatic heterocycles. The fraction of sp³-hybridized carbons (Fsp3) is 0.211. The largest absolute Gasteiger partial charge is 0.449 e. The van der Waals surface area contributed by atoms with Gasteiger partial charge in [0.25, 0.3) is 0 Å². The Hall–Kier alpha value is -2.50. The van der Waals surface area contributed by atoms with Crippen LogP contribution in [0, 0.1) is 0 Å². The minimum Gasteiger partial charge on any atom is -0.449 e. The molecular weight excluding hydrogens is 338 g/mol.